The van der Waals surface area contributed by atoms with Crippen LogP contribution in [0.2, 0.25) is 0 Å². The summed E-state index contributed by atoms with van der Waals surface area (Å²) in [6.45, 7) is 9.05. The molecule has 4 rings (SSSR count). The van der Waals surface area contributed by atoms with Crippen LogP contribution in [0.5, 0.6) is 0 Å². The zero-order chi connectivity index (χ0) is 22.5. The Bertz CT molecular complexity index is 1110. The molecule has 0 saturated carbocycles. The molecule has 1 aliphatic rings. The fourth-order valence-electron chi connectivity index (χ4n) is 4.88. The van der Waals surface area contributed by atoms with Gasteiger partial charge in [-0.3, -0.25) is 9.67 Å². The van der Waals surface area contributed by atoms with E-state index < -0.39 is 0 Å². The highest BCUT2D eigenvalue weighted by atomic mass is 32.1. The Balaban J connectivity index is 1.89. The Hall–Kier alpha value is -2.40. The quantitative estimate of drug-likeness (QED) is 0.375. The van der Waals surface area contributed by atoms with E-state index in [-0.39, 0.29) is 0 Å². The second-order valence-electron chi connectivity index (χ2n) is 8.90. The number of H-pyrrole nitrogens is 1. The topological polar surface area (TPSA) is 36.9 Å². The standard InChI is InChI=1S/C27H36N4S/c1-4-11-21-19-25(22(12-5-2)18-24(21)30-15-8-7-9-16-30)31-26(28-29-27(31)32)23-14-10-13-20(6-3)17-23/h10,13-14,17-19H,4-9,11-12,15-16H2,1-3H3,(H,29,32). The van der Waals surface area contributed by atoms with Crippen molar-refractivity contribution in [3.05, 3.63) is 57.9 Å². The lowest BCUT2D eigenvalue weighted by molar-refractivity contribution is 0.576. The van der Waals surface area contributed by atoms with Gasteiger partial charge in [-0.15, -0.1) is 0 Å². The van der Waals surface area contributed by atoms with Crippen LogP contribution in [0.4, 0.5) is 5.69 Å². The van der Waals surface area contributed by atoms with Crippen molar-refractivity contribution in [1.29, 1.82) is 0 Å². The first-order chi connectivity index (χ1) is 15.7. The van der Waals surface area contributed by atoms with Crippen LogP contribution in [0.15, 0.2) is 36.4 Å². The Labute approximate surface area is 197 Å². The van der Waals surface area contributed by atoms with Crippen molar-refractivity contribution in [3.8, 4) is 17.1 Å². The van der Waals surface area contributed by atoms with E-state index in [0.29, 0.717) is 4.77 Å². The molecule has 0 atom stereocenters. The molecule has 1 N–H and O–H groups in total. The third-order valence-electron chi connectivity index (χ3n) is 6.52. The molecule has 4 nitrogen and oxygen atoms in total. The normalized spacial score (nSPS) is 14.2. The number of aromatic amines is 1. The molecule has 5 heteroatoms. The molecule has 32 heavy (non-hydrogen) atoms. The summed E-state index contributed by atoms with van der Waals surface area (Å²) in [5, 5.41) is 7.74. The predicted molar refractivity (Wildman–Crippen MR) is 138 cm³/mol. The lowest BCUT2D eigenvalue weighted by atomic mass is 9.97. The zero-order valence-corrected chi connectivity index (χ0v) is 20.6. The number of hydrogen-bond acceptors (Lipinski definition) is 3. The van der Waals surface area contributed by atoms with Gasteiger partial charge in [-0.2, -0.15) is 5.10 Å². The molecule has 1 aliphatic heterocycles. The van der Waals surface area contributed by atoms with Gasteiger partial charge in [0, 0.05) is 24.3 Å². The third-order valence-corrected chi connectivity index (χ3v) is 6.80. The lowest BCUT2D eigenvalue weighted by Gasteiger charge is -2.32. The molecule has 0 aliphatic carbocycles. The van der Waals surface area contributed by atoms with Crippen molar-refractivity contribution in [2.75, 3.05) is 18.0 Å². The highest BCUT2D eigenvalue weighted by molar-refractivity contribution is 7.71. The molecule has 170 valence electrons. The van der Waals surface area contributed by atoms with E-state index in [4.69, 9.17) is 12.2 Å². The van der Waals surface area contributed by atoms with Gasteiger partial charge in [0.05, 0.1) is 5.69 Å². The Morgan fingerprint density at radius 1 is 0.906 bits per heavy atom. The number of benzene rings is 2. The van der Waals surface area contributed by atoms with Crippen LogP contribution in [0.1, 0.15) is 69.6 Å². The van der Waals surface area contributed by atoms with Crippen molar-refractivity contribution < 1.29 is 0 Å². The summed E-state index contributed by atoms with van der Waals surface area (Å²) in [4.78, 5) is 2.61. The van der Waals surface area contributed by atoms with Crippen LogP contribution < -0.4 is 4.90 Å². The first-order valence-electron chi connectivity index (χ1n) is 12.3. The van der Waals surface area contributed by atoms with Crippen molar-refractivity contribution in [2.45, 2.75) is 72.1 Å². The number of hydrogen-bond donors (Lipinski definition) is 1. The van der Waals surface area contributed by atoms with E-state index in [1.807, 2.05) is 0 Å². The summed E-state index contributed by atoms with van der Waals surface area (Å²) in [5.74, 6) is 0.899. The molecule has 0 radical (unpaired) electrons. The number of nitrogens with one attached hydrogen (secondary N) is 1. The predicted octanol–water partition coefficient (Wildman–Crippen LogP) is 7.05. The largest absolute Gasteiger partial charge is 0.371 e. The molecule has 0 spiro atoms. The van der Waals surface area contributed by atoms with Gasteiger partial charge in [0.1, 0.15) is 0 Å². The fraction of sp³-hybridized carbons (Fsp3) is 0.481. The van der Waals surface area contributed by atoms with E-state index in [2.05, 4.69) is 76.8 Å². The van der Waals surface area contributed by atoms with Crippen molar-refractivity contribution >= 4 is 17.9 Å². The fourth-order valence-corrected chi connectivity index (χ4v) is 5.11. The number of rotatable bonds is 8. The van der Waals surface area contributed by atoms with Gasteiger partial charge in [-0.05, 0) is 85.6 Å². The van der Waals surface area contributed by atoms with Gasteiger partial charge in [0.25, 0.3) is 0 Å². The summed E-state index contributed by atoms with van der Waals surface area (Å²) in [6.07, 6.45) is 9.29. The minimum atomic E-state index is 0.660. The van der Waals surface area contributed by atoms with Crippen LogP contribution in [0.25, 0.3) is 17.1 Å². The Kier molecular flexibility index (Phi) is 7.46. The summed E-state index contributed by atoms with van der Waals surface area (Å²) >= 11 is 5.76. The Morgan fingerprint density at radius 2 is 1.59 bits per heavy atom. The molecule has 0 unspecified atom stereocenters. The first kappa shape index (κ1) is 22.8. The van der Waals surface area contributed by atoms with Crippen LogP contribution in [0, 0.1) is 4.77 Å². The van der Waals surface area contributed by atoms with Crippen LogP contribution in [-0.4, -0.2) is 27.9 Å². The number of aromatic nitrogens is 3. The summed E-state index contributed by atoms with van der Waals surface area (Å²) in [6, 6.07) is 13.5. The first-order valence-corrected chi connectivity index (χ1v) is 12.7. The van der Waals surface area contributed by atoms with Gasteiger partial charge in [-0.25, -0.2) is 0 Å². The van der Waals surface area contributed by atoms with Gasteiger partial charge >= 0.3 is 0 Å². The number of anilines is 1. The molecular formula is C27H36N4S. The third kappa shape index (κ3) is 4.68. The van der Waals surface area contributed by atoms with E-state index >= 15 is 0 Å². The second-order valence-corrected chi connectivity index (χ2v) is 9.29. The molecule has 2 aromatic carbocycles. The SMILES string of the molecule is CCCc1cc(-n2c(-c3cccc(CC)c3)n[nH]c2=S)c(CCC)cc1N1CCCCC1. The Morgan fingerprint density at radius 3 is 2.28 bits per heavy atom. The molecule has 1 fully saturated rings. The highest BCUT2D eigenvalue weighted by Gasteiger charge is 2.20. The van der Waals surface area contributed by atoms with Crippen LogP contribution >= 0.6 is 12.2 Å². The van der Waals surface area contributed by atoms with Crippen LogP contribution in [-0.2, 0) is 19.3 Å². The van der Waals surface area contributed by atoms with Gasteiger partial charge < -0.3 is 4.90 Å². The van der Waals surface area contributed by atoms with Gasteiger partial charge in [0.2, 0.25) is 0 Å². The van der Waals surface area contributed by atoms with E-state index in [1.165, 1.54) is 60.4 Å². The molecule has 3 aromatic rings. The summed E-state index contributed by atoms with van der Waals surface area (Å²) in [7, 11) is 0. The maximum Gasteiger partial charge on any atom is 0.200 e. The average molecular weight is 449 g/mol. The maximum atomic E-state index is 5.76. The van der Waals surface area contributed by atoms with Crippen LogP contribution in [0.3, 0.4) is 0 Å². The lowest BCUT2D eigenvalue weighted by Crippen LogP contribution is -2.30. The zero-order valence-electron chi connectivity index (χ0n) is 19.8. The number of piperidine rings is 1. The number of aryl methyl sites for hydroxylation is 3. The molecular weight excluding hydrogens is 412 g/mol. The highest BCUT2D eigenvalue weighted by Crippen LogP contribution is 2.33. The minimum Gasteiger partial charge on any atom is -0.371 e. The monoisotopic (exact) mass is 448 g/mol. The molecule has 0 bridgehead atoms. The maximum absolute atomic E-state index is 5.76. The van der Waals surface area contributed by atoms with Crippen molar-refractivity contribution in [1.82, 2.24) is 14.8 Å². The molecule has 0 amide bonds. The van der Waals surface area contributed by atoms with E-state index in [1.54, 1.807) is 0 Å². The summed E-state index contributed by atoms with van der Waals surface area (Å²) < 4.78 is 2.82. The number of nitrogens with zero attached hydrogens (tertiary/aromatic N) is 3. The second kappa shape index (κ2) is 10.5. The van der Waals surface area contributed by atoms with E-state index in [0.717, 1.165) is 43.5 Å². The van der Waals surface area contributed by atoms with Crippen molar-refractivity contribution in [3.63, 3.8) is 0 Å². The molecule has 1 aromatic heterocycles. The van der Waals surface area contributed by atoms with Gasteiger partial charge in [0.15, 0.2) is 10.6 Å². The van der Waals surface area contributed by atoms with Gasteiger partial charge in [-0.1, -0.05) is 51.8 Å². The average Bonchev–Trinajstić information content (AvgIpc) is 3.22. The van der Waals surface area contributed by atoms with E-state index in [9.17, 15) is 0 Å². The summed E-state index contributed by atoms with van der Waals surface area (Å²) in [5.41, 5.74) is 7.83. The van der Waals surface area contributed by atoms with Crippen molar-refractivity contribution in [2.24, 2.45) is 0 Å². The smallest absolute Gasteiger partial charge is 0.200 e. The molecule has 2 heterocycles. The molecule has 1 saturated heterocycles. The minimum absolute atomic E-state index is 0.660.